The number of aryl methyl sites for hydroxylation is 1. The van der Waals surface area contributed by atoms with E-state index in [1.807, 2.05) is 39.0 Å². The first-order valence-electron chi connectivity index (χ1n) is 11.8. The molecule has 8 nitrogen and oxygen atoms in total. The number of benzene rings is 1. The molecule has 35 heavy (non-hydrogen) atoms. The van der Waals surface area contributed by atoms with Crippen LogP contribution in [0, 0.1) is 36.0 Å². The smallest absolute Gasteiger partial charge is 0.247 e. The number of allylic oxidation sites excluding steroid dienone is 2. The number of hydrogen-bond acceptors (Lipinski definition) is 6. The van der Waals surface area contributed by atoms with E-state index in [-0.39, 0.29) is 41.4 Å². The normalized spacial score (nSPS) is 19.9. The highest BCUT2D eigenvalue weighted by atomic mass is 16.5. The van der Waals surface area contributed by atoms with Gasteiger partial charge in [-0.25, -0.2) is 4.98 Å². The van der Waals surface area contributed by atoms with Crippen LogP contribution in [-0.4, -0.2) is 33.6 Å². The highest BCUT2D eigenvalue weighted by Crippen LogP contribution is 2.37. The van der Waals surface area contributed by atoms with Gasteiger partial charge in [-0.3, -0.25) is 19.3 Å². The van der Waals surface area contributed by atoms with Gasteiger partial charge in [-0.15, -0.1) is 0 Å². The fourth-order valence-electron chi connectivity index (χ4n) is 4.63. The standard InChI is InChI=1S/C27H28N4O4/c1-16(2)13-23(31-26(33)20-8-4-5-9-21(20)27(31)34)24(32)30-22-11-10-19(14-17(22)3)35-25-18(15-28)7-6-12-29-25/h4-7,10-12,14,16,20-21,23H,8-9,13H2,1-3H3,(H,30,32). The number of rotatable bonds is 7. The van der Waals surface area contributed by atoms with Crippen molar-refractivity contribution in [1.82, 2.24) is 9.88 Å². The number of likely N-dealkylation sites (tertiary alicyclic amines) is 1. The van der Waals surface area contributed by atoms with Crippen LogP contribution in [0.25, 0.3) is 0 Å². The molecule has 1 aromatic carbocycles. The maximum atomic E-state index is 13.4. The van der Waals surface area contributed by atoms with Crippen molar-refractivity contribution >= 4 is 23.4 Å². The molecule has 4 rings (SSSR count). The van der Waals surface area contributed by atoms with Gasteiger partial charge in [0.1, 0.15) is 23.4 Å². The summed E-state index contributed by atoms with van der Waals surface area (Å²) in [5.41, 5.74) is 1.59. The van der Waals surface area contributed by atoms with Crippen LogP contribution in [-0.2, 0) is 14.4 Å². The predicted octanol–water partition coefficient (Wildman–Crippen LogP) is 4.36. The molecule has 3 atom stereocenters. The van der Waals surface area contributed by atoms with Crippen LogP contribution < -0.4 is 10.1 Å². The second kappa shape index (κ2) is 10.1. The van der Waals surface area contributed by atoms with E-state index < -0.39 is 6.04 Å². The van der Waals surface area contributed by atoms with Gasteiger partial charge in [0.25, 0.3) is 0 Å². The maximum absolute atomic E-state index is 13.4. The Morgan fingerprint density at radius 2 is 1.89 bits per heavy atom. The quantitative estimate of drug-likeness (QED) is 0.473. The Labute approximate surface area is 204 Å². The van der Waals surface area contributed by atoms with E-state index in [4.69, 9.17) is 4.74 Å². The predicted molar refractivity (Wildman–Crippen MR) is 129 cm³/mol. The van der Waals surface area contributed by atoms with Gasteiger partial charge in [-0.2, -0.15) is 5.26 Å². The number of ether oxygens (including phenoxy) is 1. The molecule has 0 radical (unpaired) electrons. The van der Waals surface area contributed by atoms with Crippen molar-refractivity contribution in [2.75, 3.05) is 5.32 Å². The average molecular weight is 473 g/mol. The molecule has 3 amide bonds. The van der Waals surface area contributed by atoms with Crippen molar-refractivity contribution in [3.8, 4) is 17.7 Å². The molecule has 3 unspecified atom stereocenters. The minimum absolute atomic E-state index is 0.108. The fraction of sp³-hybridized carbons (Fsp3) is 0.370. The number of anilines is 1. The SMILES string of the molecule is Cc1cc(Oc2ncccc2C#N)ccc1NC(=O)C(CC(C)C)N1C(=O)C2CC=CCC2C1=O. The van der Waals surface area contributed by atoms with Crippen molar-refractivity contribution in [2.45, 2.75) is 46.1 Å². The molecule has 180 valence electrons. The van der Waals surface area contributed by atoms with Crippen molar-refractivity contribution in [3.05, 3.63) is 59.8 Å². The van der Waals surface area contributed by atoms with E-state index >= 15 is 0 Å². The third kappa shape index (κ3) is 4.94. The number of hydrogen-bond donors (Lipinski definition) is 1. The van der Waals surface area contributed by atoms with E-state index in [1.54, 1.807) is 36.5 Å². The summed E-state index contributed by atoms with van der Waals surface area (Å²) in [6.07, 6.45) is 6.86. The third-order valence-electron chi connectivity index (χ3n) is 6.41. The largest absolute Gasteiger partial charge is 0.438 e. The first-order chi connectivity index (χ1) is 16.8. The van der Waals surface area contributed by atoms with E-state index in [0.717, 1.165) is 5.56 Å². The summed E-state index contributed by atoms with van der Waals surface area (Å²) in [6.45, 7) is 5.74. The lowest BCUT2D eigenvalue weighted by atomic mass is 9.85. The average Bonchev–Trinajstić information content (AvgIpc) is 3.09. The minimum Gasteiger partial charge on any atom is -0.438 e. The summed E-state index contributed by atoms with van der Waals surface area (Å²) in [5.74, 6) is -0.877. The van der Waals surface area contributed by atoms with Crippen LogP contribution in [0.3, 0.4) is 0 Å². The lowest BCUT2D eigenvalue weighted by molar-refractivity contribution is -0.147. The van der Waals surface area contributed by atoms with E-state index in [9.17, 15) is 19.6 Å². The Kier molecular flexibility index (Phi) is 6.97. The Balaban J connectivity index is 1.53. The van der Waals surface area contributed by atoms with Crippen molar-refractivity contribution in [2.24, 2.45) is 17.8 Å². The maximum Gasteiger partial charge on any atom is 0.247 e. The zero-order chi connectivity index (χ0) is 25.1. The lowest BCUT2D eigenvalue weighted by Gasteiger charge is -2.27. The third-order valence-corrected chi connectivity index (χ3v) is 6.41. The van der Waals surface area contributed by atoms with E-state index in [0.29, 0.717) is 36.3 Å². The molecule has 1 aliphatic carbocycles. The molecule has 0 spiro atoms. The van der Waals surface area contributed by atoms with Crippen LogP contribution in [0.15, 0.2) is 48.7 Å². The zero-order valence-corrected chi connectivity index (χ0v) is 20.0. The highest BCUT2D eigenvalue weighted by molar-refractivity contribution is 6.10. The number of carbonyl (C=O) groups excluding carboxylic acids is 3. The molecular weight excluding hydrogens is 444 g/mol. The molecule has 0 saturated carbocycles. The van der Waals surface area contributed by atoms with Gasteiger partial charge in [0.15, 0.2) is 0 Å². The molecule has 1 fully saturated rings. The molecule has 1 aromatic heterocycles. The molecule has 2 heterocycles. The number of fused-ring (bicyclic) bond motifs is 1. The number of nitrogens with zero attached hydrogens (tertiary/aromatic N) is 3. The number of carbonyl (C=O) groups is 3. The summed E-state index contributed by atoms with van der Waals surface area (Å²) < 4.78 is 5.76. The summed E-state index contributed by atoms with van der Waals surface area (Å²) in [5, 5.41) is 12.1. The molecule has 1 N–H and O–H groups in total. The van der Waals surface area contributed by atoms with Gasteiger partial charge >= 0.3 is 0 Å². The van der Waals surface area contributed by atoms with Crippen molar-refractivity contribution in [1.29, 1.82) is 5.26 Å². The van der Waals surface area contributed by atoms with Crippen LogP contribution in [0.4, 0.5) is 5.69 Å². The van der Waals surface area contributed by atoms with Crippen LogP contribution >= 0.6 is 0 Å². The van der Waals surface area contributed by atoms with Gasteiger partial charge in [0.2, 0.25) is 23.6 Å². The Morgan fingerprint density at radius 3 is 2.49 bits per heavy atom. The first kappa shape index (κ1) is 24.1. The first-order valence-corrected chi connectivity index (χ1v) is 11.8. The Morgan fingerprint density at radius 1 is 1.20 bits per heavy atom. The number of amides is 3. The van der Waals surface area contributed by atoms with Crippen LogP contribution in [0.2, 0.25) is 0 Å². The molecule has 0 bridgehead atoms. The number of nitrogens with one attached hydrogen (secondary N) is 1. The highest BCUT2D eigenvalue weighted by Gasteiger charge is 2.51. The molecule has 2 aliphatic rings. The van der Waals surface area contributed by atoms with Crippen molar-refractivity contribution < 1.29 is 19.1 Å². The number of imide groups is 1. The van der Waals surface area contributed by atoms with Gasteiger partial charge in [0.05, 0.1) is 11.8 Å². The summed E-state index contributed by atoms with van der Waals surface area (Å²) >= 11 is 0. The van der Waals surface area contributed by atoms with Gasteiger partial charge in [-0.05, 0) is 68.0 Å². The van der Waals surface area contributed by atoms with E-state index in [2.05, 4.69) is 10.3 Å². The summed E-state index contributed by atoms with van der Waals surface area (Å²) in [6, 6.07) is 9.54. The minimum atomic E-state index is -0.873. The summed E-state index contributed by atoms with van der Waals surface area (Å²) in [7, 11) is 0. The van der Waals surface area contributed by atoms with Crippen LogP contribution in [0.5, 0.6) is 11.6 Å². The molecule has 8 heteroatoms. The molecule has 1 aliphatic heterocycles. The number of aromatic nitrogens is 1. The zero-order valence-electron chi connectivity index (χ0n) is 20.0. The monoisotopic (exact) mass is 472 g/mol. The molecular formula is C27H28N4O4. The van der Waals surface area contributed by atoms with Gasteiger partial charge in [0, 0.05) is 11.9 Å². The second-order valence-corrected chi connectivity index (χ2v) is 9.38. The topological polar surface area (TPSA) is 112 Å². The lowest BCUT2D eigenvalue weighted by Crippen LogP contribution is -2.48. The summed E-state index contributed by atoms with van der Waals surface area (Å²) in [4.78, 5) is 44.9. The second-order valence-electron chi connectivity index (χ2n) is 9.38. The number of pyridine rings is 1. The van der Waals surface area contributed by atoms with Crippen LogP contribution in [0.1, 0.15) is 44.2 Å². The molecule has 2 aromatic rings. The van der Waals surface area contributed by atoms with Gasteiger partial charge in [-0.1, -0.05) is 26.0 Å². The van der Waals surface area contributed by atoms with Gasteiger partial charge < -0.3 is 10.1 Å². The Hall–Kier alpha value is -3.99. The molecule has 1 saturated heterocycles. The van der Waals surface area contributed by atoms with E-state index in [1.165, 1.54) is 4.90 Å². The van der Waals surface area contributed by atoms with Crippen molar-refractivity contribution in [3.63, 3.8) is 0 Å². The number of nitriles is 1. The Bertz CT molecular complexity index is 1200. The fourth-order valence-corrected chi connectivity index (χ4v) is 4.63.